The molecule has 1 aliphatic carbocycles. The van der Waals surface area contributed by atoms with E-state index in [-0.39, 0.29) is 41.7 Å². The lowest BCUT2D eigenvalue weighted by Crippen LogP contribution is -2.41. The average Bonchev–Trinajstić information content (AvgIpc) is 3.39. The van der Waals surface area contributed by atoms with E-state index in [0.717, 1.165) is 31.4 Å². The summed E-state index contributed by atoms with van der Waals surface area (Å²) in [7, 11) is 0. The molecular formula is C18H30IN5O3. The van der Waals surface area contributed by atoms with Crippen LogP contribution in [-0.2, 0) is 4.79 Å². The number of nitrogens with zero attached hydrogens (tertiary/aromatic N) is 1. The van der Waals surface area contributed by atoms with E-state index in [0.29, 0.717) is 37.9 Å². The lowest BCUT2D eigenvalue weighted by Gasteiger charge is -2.12. The van der Waals surface area contributed by atoms with Crippen LogP contribution in [0.25, 0.3) is 0 Å². The van der Waals surface area contributed by atoms with E-state index in [1.54, 1.807) is 6.07 Å². The molecule has 4 N–H and O–H groups in total. The van der Waals surface area contributed by atoms with Crippen molar-refractivity contribution in [2.24, 2.45) is 10.9 Å². The molecule has 1 saturated carbocycles. The summed E-state index contributed by atoms with van der Waals surface area (Å²) in [5.74, 6) is 1.25. The number of aliphatic imine (C=N–C) groups is 1. The number of hydrogen-bond donors (Lipinski definition) is 4. The molecule has 1 aromatic rings. The van der Waals surface area contributed by atoms with Crippen molar-refractivity contribution in [1.82, 2.24) is 21.3 Å². The highest BCUT2D eigenvalue weighted by atomic mass is 127. The summed E-state index contributed by atoms with van der Waals surface area (Å²) in [5.41, 5.74) is 0.827. The normalized spacial score (nSPS) is 13.5. The monoisotopic (exact) mass is 491 g/mol. The van der Waals surface area contributed by atoms with Gasteiger partial charge in [-0.05, 0) is 39.2 Å². The molecule has 2 rings (SSSR count). The topological polar surface area (TPSA) is 108 Å². The Labute approximate surface area is 177 Å². The first kappa shape index (κ1) is 23.3. The molecule has 0 radical (unpaired) electrons. The minimum Gasteiger partial charge on any atom is -0.459 e. The summed E-state index contributed by atoms with van der Waals surface area (Å²) < 4.78 is 5.15. The SMILES string of the molecule is CCNC(=NCCCNC(=O)c1occc1C)NCCNC(=O)C1CC1.I. The van der Waals surface area contributed by atoms with E-state index in [2.05, 4.69) is 26.3 Å². The zero-order valence-electron chi connectivity index (χ0n) is 16.0. The predicted octanol–water partition coefficient (Wildman–Crippen LogP) is 1.41. The molecule has 0 bridgehead atoms. The molecule has 0 spiro atoms. The van der Waals surface area contributed by atoms with Gasteiger partial charge in [0.25, 0.3) is 5.91 Å². The summed E-state index contributed by atoms with van der Waals surface area (Å²) in [6.45, 7) is 6.91. The number of aryl methyl sites for hydroxylation is 1. The van der Waals surface area contributed by atoms with Gasteiger partial charge in [-0.25, -0.2) is 0 Å². The van der Waals surface area contributed by atoms with Crippen LogP contribution >= 0.6 is 24.0 Å². The summed E-state index contributed by atoms with van der Waals surface area (Å²) in [4.78, 5) is 27.9. The fourth-order valence-electron chi connectivity index (χ4n) is 2.36. The number of hydrogen-bond acceptors (Lipinski definition) is 4. The zero-order chi connectivity index (χ0) is 18.8. The van der Waals surface area contributed by atoms with Crippen LogP contribution in [0.5, 0.6) is 0 Å². The number of carbonyl (C=O) groups excluding carboxylic acids is 2. The van der Waals surface area contributed by atoms with Gasteiger partial charge < -0.3 is 25.7 Å². The minimum absolute atomic E-state index is 0. The van der Waals surface area contributed by atoms with E-state index in [1.165, 1.54) is 6.26 Å². The molecular weight excluding hydrogens is 461 g/mol. The Morgan fingerprint density at radius 2 is 1.89 bits per heavy atom. The van der Waals surface area contributed by atoms with Crippen LogP contribution in [0.3, 0.4) is 0 Å². The van der Waals surface area contributed by atoms with Crippen molar-refractivity contribution in [3.8, 4) is 0 Å². The van der Waals surface area contributed by atoms with Gasteiger partial charge in [0, 0.05) is 44.2 Å². The molecule has 0 saturated heterocycles. The highest BCUT2D eigenvalue weighted by Gasteiger charge is 2.28. The molecule has 9 heteroatoms. The van der Waals surface area contributed by atoms with Gasteiger partial charge in [-0.1, -0.05) is 0 Å². The Balaban J connectivity index is 0.00000364. The van der Waals surface area contributed by atoms with Gasteiger partial charge in [0.1, 0.15) is 0 Å². The molecule has 8 nitrogen and oxygen atoms in total. The van der Waals surface area contributed by atoms with Crippen LogP contribution in [0, 0.1) is 12.8 Å². The van der Waals surface area contributed by atoms with Crippen molar-refractivity contribution in [3.63, 3.8) is 0 Å². The maximum Gasteiger partial charge on any atom is 0.287 e. The van der Waals surface area contributed by atoms with E-state index in [1.807, 2.05) is 13.8 Å². The van der Waals surface area contributed by atoms with E-state index in [4.69, 9.17) is 4.42 Å². The highest BCUT2D eigenvalue weighted by molar-refractivity contribution is 14.0. The number of nitrogens with one attached hydrogen (secondary N) is 4. The second-order valence-electron chi connectivity index (χ2n) is 6.29. The Hall–Kier alpha value is -1.78. The zero-order valence-corrected chi connectivity index (χ0v) is 18.3. The molecule has 1 aromatic heterocycles. The third kappa shape index (κ3) is 8.63. The summed E-state index contributed by atoms with van der Waals surface area (Å²) in [5, 5.41) is 12.1. The van der Waals surface area contributed by atoms with Crippen LogP contribution < -0.4 is 21.3 Å². The molecule has 0 aromatic carbocycles. The Bertz CT molecular complexity index is 628. The number of guanidine groups is 1. The van der Waals surface area contributed by atoms with Gasteiger partial charge in [0.05, 0.1) is 6.26 Å². The maximum atomic E-state index is 11.9. The standard InChI is InChI=1S/C18H29N5O3.HI/c1-3-19-18(23-11-10-21-16(24)14-5-6-14)22-9-4-8-20-17(25)15-13(2)7-12-26-15;/h7,12,14H,3-6,8-11H2,1-2H3,(H,20,25)(H,21,24)(H2,19,22,23);1H. The molecule has 0 atom stereocenters. The van der Waals surface area contributed by atoms with Crippen molar-refractivity contribution >= 4 is 41.8 Å². The van der Waals surface area contributed by atoms with Gasteiger partial charge in [0.2, 0.25) is 5.91 Å². The highest BCUT2D eigenvalue weighted by Crippen LogP contribution is 2.28. The quantitative estimate of drug-likeness (QED) is 0.171. The second kappa shape index (κ2) is 12.6. The minimum atomic E-state index is -0.201. The summed E-state index contributed by atoms with van der Waals surface area (Å²) in [6, 6.07) is 1.76. The number of rotatable bonds is 10. The van der Waals surface area contributed by atoms with Crippen molar-refractivity contribution in [2.45, 2.75) is 33.1 Å². The smallest absolute Gasteiger partial charge is 0.287 e. The lowest BCUT2D eigenvalue weighted by atomic mass is 10.2. The van der Waals surface area contributed by atoms with E-state index >= 15 is 0 Å². The molecule has 27 heavy (non-hydrogen) atoms. The average molecular weight is 491 g/mol. The molecule has 2 amide bonds. The number of halogens is 1. The maximum absolute atomic E-state index is 11.9. The van der Waals surface area contributed by atoms with Crippen molar-refractivity contribution in [1.29, 1.82) is 0 Å². The van der Waals surface area contributed by atoms with Gasteiger partial charge in [-0.15, -0.1) is 24.0 Å². The number of furan rings is 1. The third-order valence-corrected chi connectivity index (χ3v) is 3.97. The van der Waals surface area contributed by atoms with Crippen LogP contribution in [0.1, 0.15) is 42.3 Å². The van der Waals surface area contributed by atoms with Crippen molar-refractivity contribution in [2.75, 3.05) is 32.7 Å². The van der Waals surface area contributed by atoms with Crippen LogP contribution in [0.4, 0.5) is 0 Å². The van der Waals surface area contributed by atoms with Crippen molar-refractivity contribution in [3.05, 3.63) is 23.7 Å². The first-order valence-corrected chi connectivity index (χ1v) is 9.24. The third-order valence-electron chi connectivity index (χ3n) is 3.97. The van der Waals surface area contributed by atoms with Gasteiger partial charge >= 0.3 is 0 Å². The second-order valence-corrected chi connectivity index (χ2v) is 6.29. The molecule has 0 aliphatic heterocycles. The molecule has 152 valence electrons. The van der Waals surface area contributed by atoms with E-state index < -0.39 is 0 Å². The van der Waals surface area contributed by atoms with Gasteiger partial charge in [-0.2, -0.15) is 0 Å². The molecule has 0 unspecified atom stereocenters. The Kier molecular flexibility index (Phi) is 10.8. The Morgan fingerprint density at radius 1 is 1.15 bits per heavy atom. The first-order valence-electron chi connectivity index (χ1n) is 9.24. The number of amides is 2. The molecule has 1 heterocycles. The van der Waals surface area contributed by atoms with Crippen LogP contribution in [0.15, 0.2) is 21.7 Å². The molecule has 1 aliphatic rings. The largest absolute Gasteiger partial charge is 0.459 e. The Morgan fingerprint density at radius 3 is 2.52 bits per heavy atom. The number of carbonyl (C=O) groups is 2. The van der Waals surface area contributed by atoms with Crippen molar-refractivity contribution < 1.29 is 14.0 Å². The van der Waals surface area contributed by atoms with Crippen LogP contribution in [0.2, 0.25) is 0 Å². The van der Waals surface area contributed by atoms with Crippen LogP contribution in [-0.4, -0.2) is 50.5 Å². The van der Waals surface area contributed by atoms with E-state index in [9.17, 15) is 9.59 Å². The fourth-order valence-corrected chi connectivity index (χ4v) is 2.36. The first-order chi connectivity index (χ1) is 12.6. The van der Waals surface area contributed by atoms with Gasteiger partial charge in [-0.3, -0.25) is 14.6 Å². The fraction of sp³-hybridized carbons (Fsp3) is 0.611. The lowest BCUT2D eigenvalue weighted by molar-refractivity contribution is -0.122. The summed E-state index contributed by atoms with van der Waals surface area (Å²) >= 11 is 0. The molecule has 1 fully saturated rings. The summed E-state index contributed by atoms with van der Waals surface area (Å²) in [6.07, 6.45) is 4.26. The van der Waals surface area contributed by atoms with Gasteiger partial charge in [0.15, 0.2) is 11.7 Å². The predicted molar refractivity (Wildman–Crippen MR) is 116 cm³/mol.